The zero-order valence-electron chi connectivity index (χ0n) is 16.1. The van der Waals surface area contributed by atoms with Gasteiger partial charge >= 0.3 is 29.6 Å². The third kappa shape index (κ3) is 6.08. The van der Waals surface area contributed by atoms with Crippen LogP contribution in [0.3, 0.4) is 0 Å². The van der Waals surface area contributed by atoms with Crippen molar-refractivity contribution in [1.29, 1.82) is 0 Å². The van der Waals surface area contributed by atoms with E-state index in [9.17, 15) is 14.7 Å². The molecule has 29 heavy (non-hydrogen) atoms. The van der Waals surface area contributed by atoms with Crippen LogP contribution >= 0.6 is 11.6 Å². The van der Waals surface area contributed by atoms with Crippen molar-refractivity contribution in [3.8, 4) is 5.75 Å². The van der Waals surface area contributed by atoms with Gasteiger partial charge in [-0.3, -0.25) is 4.79 Å². The number of carboxylic acid groups (broad SMARTS) is 1. The van der Waals surface area contributed by atoms with Gasteiger partial charge in [0.1, 0.15) is 12.4 Å². The quantitative estimate of drug-likeness (QED) is 0.603. The van der Waals surface area contributed by atoms with Crippen LogP contribution in [-0.2, 0) is 6.61 Å². The Morgan fingerprint density at radius 2 is 1.76 bits per heavy atom. The van der Waals surface area contributed by atoms with E-state index in [1.54, 1.807) is 31.2 Å². The number of benzene rings is 3. The SMILES string of the molecule is Cc1ccc(C(=O)[O-])cc1NC(=O)c1cc(OCc2ccccc2)ccc1Cl.[Na+]. The van der Waals surface area contributed by atoms with Crippen LogP contribution in [-0.4, -0.2) is 11.9 Å². The van der Waals surface area contributed by atoms with E-state index < -0.39 is 11.9 Å². The Labute approximate surface area is 196 Å². The van der Waals surface area contributed by atoms with Crippen molar-refractivity contribution < 1.29 is 49.0 Å². The van der Waals surface area contributed by atoms with E-state index in [0.29, 0.717) is 23.6 Å². The number of halogens is 1. The molecule has 0 saturated heterocycles. The zero-order valence-corrected chi connectivity index (χ0v) is 18.8. The van der Waals surface area contributed by atoms with Crippen molar-refractivity contribution >= 4 is 29.2 Å². The molecule has 5 nitrogen and oxygen atoms in total. The van der Waals surface area contributed by atoms with Gasteiger partial charge < -0.3 is 20.0 Å². The Kier molecular flexibility index (Phi) is 8.29. The third-order valence-electron chi connectivity index (χ3n) is 4.15. The summed E-state index contributed by atoms with van der Waals surface area (Å²) in [5.74, 6) is -1.28. The number of ether oxygens (including phenoxy) is 1. The number of carboxylic acids is 1. The van der Waals surface area contributed by atoms with Crippen LogP contribution < -0.4 is 44.7 Å². The van der Waals surface area contributed by atoms with Crippen molar-refractivity contribution in [3.05, 3.63) is 94.0 Å². The van der Waals surface area contributed by atoms with Gasteiger partial charge in [-0.2, -0.15) is 0 Å². The minimum absolute atomic E-state index is 0. The first kappa shape index (κ1) is 23.0. The molecule has 0 spiro atoms. The van der Waals surface area contributed by atoms with Crippen LogP contribution in [0.15, 0.2) is 66.7 Å². The summed E-state index contributed by atoms with van der Waals surface area (Å²) in [6, 6.07) is 18.8. The molecular formula is C22H17ClNNaO4. The van der Waals surface area contributed by atoms with Gasteiger partial charge in [0.15, 0.2) is 0 Å². The van der Waals surface area contributed by atoms with Gasteiger partial charge in [0.2, 0.25) is 0 Å². The van der Waals surface area contributed by atoms with Gasteiger partial charge in [0.25, 0.3) is 5.91 Å². The molecule has 0 aliphatic rings. The van der Waals surface area contributed by atoms with Gasteiger partial charge in [-0.25, -0.2) is 0 Å². The Hall–Kier alpha value is -2.31. The molecule has 0 bridgehead atoms. The first-order valence-electron chi connectivity index (χ1n) is 8.53. The standard InChI is InChI=1S/C22H18ClNO4.Na/c1-14-7-8-16(22(26)27)11-20(14)24-21(25)18-12-17(9-10-19(18)23)28-13-15-5-3-2-4-6-15;/h2-12H,13H2,1H3,(H,24,25)(H,26,27);/q;+1/p-1. The number of aryl methyl sites for hydroxylation is 1. The fraction of sp³-hybridized carbons (Fsp3) is 0.0909. The fourth-order valence-electron chi connectivity index (χ4n) is 2.58. The average Bonchev–Trinajstić information content (AvgIpc) is 2.69. The van der Waals surface area contributed by atoms with E-state index in [1.165, 1.54) is 12.1 Å². The molecule has 0 unspecified atom stereocenters. The maximum Gasteiger partial charge on any atom is 1.00 e. The molecule has 0 aliphatic heterocycles. The summed E-state index contributed by atoms with van der Waals surface area (Å²) in [6.07, 6.45) is 0. The van der Waals surface area contributed by atoms with Crippen LogP contribution in [0.4, 0.5) is 5.69 Å². The molecule has 1 amide bonds. The van der Waals surface area contributed by atoms with E-state index in [-0.39, 0.29) is 45.7 Å². The predicted molar refractivity (Wildman–Crippen MR) is 106 cm³/mol. The molecule has 0 aromatic heterocycles. The van der Waals surface area contributed by atoms with E-state index in [1.807, 2.05) is 30.3 Å². The van der Waals surface area contributed by atoms with Crippen LogP contribution in [0.25, 0.3) is 0 Å². The molecule has 0 radical (unpaired) electrons. The number of carbonyl (C=O) groups is 2. The molecule has 3 aromatic carbocycles. The van der Waals surface area contributed by atoms with Crippen molar-refractivity contribution in [3.63, 3.8) is 0 Å². The normalized spacial score (nSPS) is 10.0. The Bertz CT molecular complexity index is 1020. The average molecular weight is 418 g/mol. The second-order valence-electron chi connectivity index (χ2n) is 6.19. The van der Waals surface area contributed by atoms with Gasteiger partial charge in [-0.15, -0.1) is 0 Å². The number of aromatic carboxylic acids is 1. The van der Waals surface area contributed by atoms with Crippen molar-refractivity contribution in [2.75, 3.05) is 5.32 Å². The van der Waals surface area contributed by atoms with Gasteiger partial charge in [-0.1, -0.05) is 54.1 Å². The summed E-state index contributed by atoms with van der Waals surface area (Å²) in [7, 11) is 0. The molecule has 142 valence electrons. The van der Waals surface area contributed by atoms with E-state index in [0.717, 1.165) is 5.56 Å². The van der Waals surface area contributed by atoms with Crippen LogP contribution in [0.2, 0.25) is 5.02 Å². The van der Waals surface area contributed by atoms with Gasteiger partial charge in [-0.05, 0) is 47.9 Å². The fourth-order valence-corrected chi connectivity index (χ4v) is 2.79. The molecule has 3 aromatic rings. The number of carbonyl (C=O) groups excluding carboxylic acids is 2. The molecule has 0 saturated carbocycles. The summed E-state index contributed by atoms with van der Waals surface area (Å²) in [6.45, 7) is 2.12. The van der Waals surface area contributed by atoms with Gasteiger partial charge in [0, 0.05) is 5.69 Å². The smallest absolute Gasteiger partial charge is 0.545 e. The molecule has 0 fully saturated rings. The Balaban J connectivity index is 0.00000300. The second kappa shape index (κ2) is 10.5. The molecule has 0 aliphatic carbocycles. The monoisotopic (exact) mass is 417 g/mol. The van der Waals surface area contributed by atoms with Crippen molar-refractivity contribution in [1.82, 2.24) is 0 Å². The maximum absolute atomic E-state index is 12.7. The summed E-state index contributed by atoms with van der Waals surface area (Å²) < 4.78 is 5.74. The van der Waals surface area contributed by atoms with E-state index in [2.05, 4.69) is 5.32 Å². The molecule has 0 atom stereocenters. The number of anilines is 1. The summed E-state index contributed by atoms with van der Waals surface area (Å²) >= 11 is 6.18. The number of hydrogen-bond acceptors (Lipinski definition) is 4. The largest absolute Gasteiger partial charge is 1.00 e. The minimum atomic E-state index is -1.31. The van der Waals surface area contributed by atoms with E-state index in [4.69, 9.17) is 16.3 Å². The van der Waals surface area contributed by atoms with Gasteiger partial charge in [0.05, 0.1) is 16.6 Å². The molecule has 1 N–H and O–H groups in total. The molecule has 3 rings (SSSR count). The summed E-state index contributed by atoms with van der Waals surface area (Å²) in [4.78, 5) is 23.7. The second-order valence-corrected chi connectivity index (χ2v) is 6.59. The number of nitrogens with one attached hydrogen (secondary N) is 1. The molecule has 7 heteroatoms. The first-order chi connectivity index (χ1) is 13.4. The zero-order chi connectivity index (χ0) is 20.1. The number of rotatable bonds is 6. The Morgan fingerprint density at radius 1 is 1.03 bits per heavy atom. The molecular weight excluding hydrogens is 401 g/mol. The Morgan fingerprint density at radius 3 is 2.45 bits per heavy atom. The van der Waals surface area contributed by atoms with Crippen LogP contribution in [0.5, 0.6) is 5.75 Å². The maximum atomic E-state index is 12.7. The summed E-state index contributed by atoms with van der Waals surface area (Å²) in [5, 5.41) is 14.0. The molecule has 0 heterocycles. The van der Waals surface area contributed by atoms with Crippen LogP contribution in [0, 0.1) is 6.92 Å². The third-order valence-corrected chi connectivity index (χ3v) is 4.48. The summed E-state index contributed by atoms with van der Waals surface area (Å²) in [5.41, 5.74) is 2.29. The van der Waals surface area contributed by atoms with Crippen molar-refractivity contribution in [2.24, 2.45) is 0 Å². The van der Waals surface area contributed by atoms with Crippen molar-refractivity contribution in [2.45, 2.75) is 13.5 Å². The number of amides is 1. The first-order valence-corrected chi connectivity index (χ1v) is 8.91. The minimum Gasteiger partial charge on any atom is -0.545 e. The topological polar surface area (TPSA) is 78.5 Å². The van der Waals surface area contributed by atoms with E-state index >= 15 is 0 Å². The predicted octanol–water partition coefficient (Wildman–Crippen LogP) is 0.847. The number of hydrogen-bond donors (Lipinski definition) is 1. The van der Waals surface area contributed by atoms with Crippen LogP contribution in [0.1, 0.15) is 31.8 Å².